The van der Waals surface area contributed by atoms with E-state index in [1.54, 1.807) is 30.6 Å². The van der Waals surface area contributed by atoms with Gasteiger partial charge < -0.3 is 15.4 Å². The molecule has 0 aliphatic heterocycles. The zero-order valence-corrected chi connectivity index (χ0v) is 21.7. The number of anilines is 3. The molecule has 2 heterocycles. The highest BCUT2D eigenvalue weighted by Gasteiger charge is 2.33. The Morgan fingerprint density at radius 1 is 1.03 bits per heavy atom. The Labute approximate surface area is 225 Å². The number of pyridine rings is 1. The number of carbonyl (C=O) groups is 1. The van der Waals surface area contributed by atoms with E-state index in [1.165, 1.54) is 30.0 Å². The predicted octanol–water partition coefficient (Wildman–Crippen LogP) is 7.33. The van der Waals surface area contributed by atoms with Crippen LogP contribution in [0.4, 0.5) is 30.5 Å². The molecular formula is C26H21ClF3N5O2S. The largest absolute Gasteiger partial charge is 0.478 e. The molecule has 38 heavy (non-hydrogen) atoms. The second-order valence-corrected chi connectivity index (χ2v) is 9.03. The van der Waals surface area contributed by atoms with Crippen LogP contribution in [-0.2, 0) is 6.18 Å². The lowest BCUT2D eigenvalue weighted by atomic mass is 10.1. The van der Waals surface area contributed by atoms with Crippen molar-refractivity contribution in [2.24, 2.45) is 0 Å². The van der Waals surface area contributed by atoms with E-state index >= 15 is 0 Å². The zero-order valence-electron chi connectivity index (χ0n) is 20.1. The quantitative estimate of drug-likeness (QED) is 0.218. The molecule has 2 N–H and O–H groups in total. The minimum absolute atomic E-state index is 0.0208. The van der Waals surface area contributed by atoms with Crippen molar-refractivity contribution in [3.8, 4) is 17.1 Å². The van der Waals surface area contributed by atoms with Crippen molar-refractivity contribution in [2.75, 3.05) is 23.5 Å². The Hall–Kier alpha value is -3.83. The topological polar surface area (TPSA) is 89.0 Å². The van der Waals surface area contributed by atoms with Crippen molar-refractivity contribution in [3.05, 3.63) is 83.1 Å². The highest BCUT2D eigenvalue weighted by molar-refractivity contribution is 7.98. The fourth-order valence-corrected chi connectivity index (χ4v) is 4.14. The average molecular weight is 560 g/mol. The Morgan fingerprint density at radius 2 is 1.76 bits per heavy atom. The number of halogens is 4. The van der Waals surface area contributed by atoms with E-state index in [9.17, 15) is 18.0 Å². The molecule has 0 radical (unpaired) electrons. The van der Waals surface area contributed by atoms with E-state index in [2.05, 4.69) is 25.6 Å². The molecule has 4 rings (SSSR count). The molecule has 0 saturated carbocycles. The number of hydrogen-bond acceptors (Lipinski definition) is 7. The molecule has 0 aliphatic carbocycles. The van der Waals surface area contributed by atoms with E-state index in [0.29, 0.717) is 29.8 Å². The van der Waals surface area contributed by atoms with Gasteiger partial charge in [-0.2, -0.15) is 13.2 Å². The molecule has 7 nitrogen and oxygen atoms in total. The van der Waals surface area contributed by atoms with Crippen molar-refractivity contribution in [1.82, 2.24) is 15.0 Å². The lowest BCUT2D eigenvalue weighted by Crippen LogP contribution is -2.13. The number of ether oxygens (including phenoxy) is 1. The number of nitrogens with zero attached hydrogens (tertiary/aromatic N) is 3. The summed E-state index contributed by atoms with van der Waals surface area (Å²) in [6.45, 7) is 2.40. The fourth-order valence-electron chi connectivity index (χ4n) is 3.40. The molecule has 0 aliphatic rings. The second kappa shape index (κ2) is 11.7. The monoisotopic (exact) mass is 559 g/mol. The molecule has 12 heteroatoms. The maximum absolute atomic E-state index is 13.1. The van der Waals surface area contributed by atoms with Crippen LogP contribution in [0.3, 0.4) is 0 Å². The Kier molecular flexibility index (Phi) is 8.38. The second-order valence-electron chi connectivity index (χ2n) is 7.78. The van der Waals surface area contributed by atoms with Crippen LogP contribution < -0.4 is 15.4 Å². The van der Waals surface area contributed by atoms with E-state index in [4.69, 9.17) is 16.3 Å². The highest BCUT2D eigenvalue weighted by atomic mass is 35.5. The number of alkyl halides is 3. The summed E-state index contributed by atoms with van der Waals surface area (Å²) in [6.07, 6.45) is 0.678. The molecule has 0 atom stereocenters. The van der Waals surface area contributed by atoms with Gasteiger partial charge in [-0.15, -0.1) is 11.8 Å². The van der Waals surface area contributed by atoms with Crippen molar-refractivity contribution in [1.29, 1.82) is 0 Å². The van der Waals surface area contributed by atoms with Gasteiger partial charge in [0.25, 0.3) is 5.91 Å². The summed E-state index contributed by atoms with van der Waals surface area (Å²) >= 11 is 7.14. The van der Waals surface area contributed by atoms with Crippen LogP contribution in [0.2, 0.25) is 5.02 Å². The average Bonchev–Trinajstić information content (AvgIpc) is 2.90. The van der Waals surface area contributed by atoms with Crippen LogP contribution in [0.1, 0.15) is 22.8 Å². The molecule has 0 fully saturated rings. The van der Waals surface area contributed by atoms with Crippen molar-refractivity contribution < 1.29 is 22.7 Å². The maximum atomic E-state index is 13.1. The Balaban J connectivity index is 1.48. The number of nitrogens with one attached hydrogen (secondary N) is 2. The van der Waals surface area contributed by atoms with Gasteiger partial charge in [0.2, 0.25) is 11.8 Å². The zero-order chi connectivity index (χ0) is 27.3. The molecular weight excluding hydrogens is 539 g/mol. The first-order valence-electron chi connectivity index (χ1n) is 11.2. The molecule has 2 aromatic heterocycles. The standard InChI is InChI=1S/C26H21ClF3N5O2S/c1-3-37-22-11-6-16(13-31-22)23-21(38-2)14-32-25(35-23)34-17-7-4-15(5-8-17)24(36)33-18-9-10-20(27)19(12-18)26(28,29)30/h4-14H,3H2,1-2H3,(H,33,36)(H,32,34,35). The first kappa shape index (κ1) is 27.2. The molecule has 4 aromatic rings. The summed E-state index contributed by atoms with van der Waals surface area (Å²) in [5.41, 5.74) is 1.31. The normalized spacial score (nSPS) is 11.2. The van der Waals surface area contributed by atoms with Crippen LogP contribution in [0.15, 0.2) is 71.9 Å². The van der Waals surface area contributed by atoms with E-state index < -0.39 is 22.7 Å². The van der Waals surface area contributed by atoms with E-state index in [0.717, 1.165) is 22.6 Å². The SMILES string of the molecule is CCOc1ccc(-c2nc(Nc3ccc(C(=O)Nc4ccc(Cl)c(C(F)(F)F)c4)cc3)ncc2SC)cn1. The van der Waals surface area contributed by atoms with Gasteiger partial charge in [-0.05, 0) is 61.7 Å². The van der Waals surface area contributed by atoms with Gasteiger partial charge in [0, 0.05) is 41.0 Å². The van der Waals surface area contributed by atoms with E-state index in [1.807, 2.05) is 19.2 Å². The van der Waals surface area contributed by atoms with Crippen molar-refractivity contribution >= 4 is 46.6 Å². The van der Waals surface area contributed by atoms with Crippen molar-refractivity contribution in [3.63, 3.8) is 0 Å². The van der Waals surface area contributed by atoms with Gasteiger partial charge in [0.05, 0.1) is 27.8 Å². The first-order chi connectivity index (χ1) is 18.2. The summed E-state index contributed by atoms with van der Waals surface area (Å²) in [4.78, 5) is 26.7. The Morgan fingerprint density at radius 3 is 2.39 bits per heavy atom. The van der Waals surface area contributed by atoms with Gasteiger partial charge in [-0.3, -0.25) is 4.79 Å². The predicted molar refractivity (Wildman–Crippen MR) is 142 cm³/mol. The lowest BCUT2D eigenvalue weighted by molar-refractivity contribution is -0.137. The third-order valence-electron chi connectivity index (χ3n) is 5.21. The van der Waals surface area contributed by atoms with Gasteiger partial charge in [-0.1, -0.05) is 11.6 Å². The molecule has 0 unspecified atom stereocenters. The summed E-state index contributed by atoms with van der Waals surface area (Å²) in [5, 5.41) is 5.11. The lowest BCUT2D eigenvalue weighted by Gasteiger charge is -2.12. The van der Waals surface area contributed by atoms with Gasteiger partial charge in [0.1, 0.15) is 0 Å². The van der Waals surface area contributed by atoms with Gasteiger partial charge >= 0.3 is 6.18 Å². The van der Waals surface area contributed by atoms with Crippen LogP contribution in [-0.4, -0.2) is 33.7 Å². The number of thioether (sulfide) groups is 1. The van der Waals surface area contributed by atoms with Crippen molar-refractivity contribution in [2.45, 2.75) is 18.0 Å². The van der Waals surface area contributed by atoms with E-state index in [-0.39, 0.29) is 11.3 Å². The molecule has 1 amide bonds. The number of rotatable bonds is 8. The fraction of sp³-hybridized carbons (Fsp3) is 0.154. The third kappa shape index (κ3) is 6.53. The molecule has 196 valence electrons. The van der Waals surface area contributed by atoms with Gasteiger partial charge in [-0.25, -0.2) is 15.0 Å². The minimum Gasteiger partial charge on any atom is -0.478 e. The molecule has 2 aromatic carbocycles. The summed E-state index contributed by atoms with van der Waals surface area (Å²) in [5.74, 6) is 0.290. The summed E-state index contributed by atoms with van der Waals surface area (Å²) < 4.78 is 44.7. The molecule has 0 saturated heterocycles. The van der Waals surface area contributed by atoms with Gasteiger partial charge in [0.15, 0.2) is 0 Å². The summed E-state index contributed by atoms with van der Waals surface area (Å²) in [6, 6.07) is 13.2. The smallest absolute Gasteiger partial charge is 0.417 e. The highest BCUT2D eigenvalue weighted by Crippen LogP contribution is 2.36. The van der Waals surface area contributed by atoms with Crippen LogP contribution in [0, 0.1) is 0 Å². The van der Waals surface area contributed by atoms with Crippen LogP contribution in [0.5, 0.6) is 5.88 Å². The number of amides is 1. The number of hydrogen-bond donors (Lipinski definition) is 2. The minimum atomic E-state index is -4.63. The maximum Gasteiger partial charge on any atom is 0.417 e. The third-order valence-corrected chi connectivity index (χ3v) is 6.28. The number of benzene rings is 2. The Bertz CT molecular complexity index is 1430. The van der Waals surface area contributed by atoms with Crippen LogP contribution in [0.25, 0.3) is 11.3 Å². The first-order valence-corrected chi connectivity index (χ1v) is 12.8. The number of aromatic nitrogens is 3. The molecule has 0 bridgehead atoms. The van der Waals surface area contributed by atoms with Crippen LogP contribution >= 0.6 is 23.4 Å². The summed E-state index contributed by atoms with van der Waals surface area (Å²) in [7, 11) is 0. The number of carbonyl (C=O) groups excluding carboxylic acids is 1. The molecule has 0 spiro atoms.